The highest BCUT2D eigenvalue weighted by molar-refractivity contribution is 6.19. The summed E-state index contributed by atoms with van der Waals surface area (Å²) in [6, 6.07) is 107. The van der Waals surface area contributed by atoms with E-state index in [1.165, 1.54) is 93.8 Å². The Hall–Kier alpha value is -9.50. The van der Waals surface area contributed by atoms with Crippen molar-refractivity contribution in [3.05, 3.63) is 313 Å². The second-order valence-corrected chi connectivity index (χ2v) is 19.2. The van der Waals surface area contributed by atoms with Gasteiger partial charge in [-0.1, -0.05) is 243 Å². The van der Waals surface area contributed by atoms with Gasteiger partial charge in [-0.3, -0.25) is 0 Å². The molecule has 12 aromatic carbocycles. The first-order chi connectivity index (χ1) is 36.2. The van der Waals surface area contributed by atoms with Crippen molar-refractivity contribution < 1.29 is 0 Å². The Kier molecular flexibility index (Phi) is 10.1. The van der Waals surface area contributed by atoms with Crippen molar-refractivity contribution in [3.8, 4) is 50.2 Å². The van der Waals surface area contributed by atoms with Crippen LogP contribution < -0.4 is 4.90 Å². The van der Waals surface area contributed by atoms with E-state index in [2.05, 4.69) is 301 Å². The summed E-state index contributed by atoms with van der Waals surface area (Å²) in [7, 11) is 0. The summed E-state index contributed by atoms with van der Waals surface area (Å²) < 4.78 is 2.45. The minimum absolute atomic E-state index is 0.542. The van der Waals surface area contributed by atoms with Crippen molar-refractivity contribution in [3.63, 3.8) is 0 Å². The zero-order chi connectivity index (χ0) is 48.3. The van der Waals surface area contributed by atoms with E-state index in [9.17, 15) is 0 Å². The van der Waals surface area contributed by atoms with Crippen molar-refractivity contribution >= 4 is 49.6 Å². The largest absolute Gasteiger partial charge is 0.310 e. The highest BCUT2D eigenvalue weighted by atomic mass is 15.1. The average molecular weight is 929 g/mol. The molecule has 2 nitrogen and oxygen atoms in total. The number of hydrogen-bond donors (Lipinski definition) is 0. The van der Waals surface area contributed by atoms with Crippen molar-refractivity contribution in [1.29, 1.82) is 0 Å². The molecular formula is C71H48N2. The Bertz CT molecular complexity index is 4120. The molecule has 0 saturated heterocycles. The molecule has 73 heavy (non-hydrogen) atoms. The van der Waals surface area contributed by atoms with Crippen LogP contribution in [0, 0.1) is 0 Å². The monoisotopic (exact) mass is 928 g/mol. The second kappa shape index (κ2) is 17.4. The molecule has 0 saturated carbocycles. The van der Waals surface area contributed by atoms with Crippen molar-refractivity contribution in [2.24, 2.45) is 0 Å². The molecule has 1 aliphatic rings. The Morgan fingerprint density at radius 2 is 0.877 bits per heavy atom. The number of benzene rings is 12. The van der Waals surface area contributed by atoms with Crippen LogP contribution in [0.4, 0.5) is 17.1 Å². The van der Waals surface area contributed by atoms with E-state index in [1.807, 2.05) is 0 Å². The number of aromatic nitrogens is 1. The first-order valence-electron chi connectivity index (χ1n) is 25.3. The van der Waals surface area contributed by atoms with Gasteiger partial charge in [0.1, 0.15) is 0 Å². The molecule has 0 N–H and O–H groups in total. The predicted molar refractivity (Wildman–Crippen MR) is 307 cm³/mol. The maximum absolute atomic E-state index is 2.49. The van der Waals surface area contributed by atoms with Crippen LogP contribution >= 0.6 is 0 Å². The molecule has 14 rings (SSSR count). The van der Waals surface area contributed by atoms with Gasteiger partial charge in [-0.15, -0.1) is 0 Å². The molecule has 0 atom stereocenters. The normalized spacial score (nSPS) is 12.5. The summed E-state index contributed by atoms with van der Waals surface area (Å²) in [5, 5.41) is 4.98. The topological polar surface area (TPSA) is 8.17 Å². The summed E-state index contributed by atoms with van der Waals surface area (Å²) in [6.45, 7) is 0. The molecule has 0 spiro atoms. The predicted octanol–water partition coefficient (Wildman–Crippen LogP) is 18.8. The van der Waals surface area contributed by atoms with Gasteiger partial charge in [-0.25, -0.2) is 0 Å². The second-order valence-electron chi connectivity index (χ2n) is 19.2. The summed E-state index contributed by atoms with van der Waals surface area (Å²) in [4.78, 5) is 2.49. The number of para-hydroxylation sites is 1. The zero-order valence-electron chi connectivity index (χ0n) is 40.1. The first-order valence-corrected chi connectivity index (χ1v) is 25.3. The third-order valence-corrected chi connectivity index (χ3v) is 15.3. The van der Waals surface area contributed by atoms with Gasteiger partial charge < -0.3 is 9.47 Å². The first kappa shape index (κ1) is 42.4. The Labute approximate surface area is 426 Å². The lowest BCUT2D eigenvalue weighted by molar-refractivity contribution is 0.768. The van der Waals surface area contributed by atoms with Crippen molar-refractivity contribution in [2.75, 3.05) is 4.90 Å². The van der Waals surface area contributed by atoms with Gasteiger partial charge in [0, 0.05) is 38.8 Å². The molecule has 2 heteroatoms. The van der Waals surface area contributed by atoms with Crippen molar-refractivity contribution in [2.45, 2.75) is 5.41 Å². The number of anilines is 3. The van der Waals surface area contributed by atoms with Crippen LogP contribution in [0.3, 0.4) is 0 Å². The van der Waals surface area contributed by atoms with Gasteiger partial charge in [-0.2, -0.15) is 0 Å². The van der Waals surface area contributed by atoms with Crippen LogP contribution in [-0.2, 0) is 5.41 Å². The molecule has 342 valence electrons. The fourth-order valence-electron chi connectivity index (χ4n) is 12.1. The fraction of sp³-hybridized carbons (Fsp3) is 0.0141. The average Bonchev–Trinajstić information content (AvgIpc) is 3.98. The van der Waals surface area contributed by atoms with Crippen molar-refractivity contribution in [1.82, 2.24) is 4.57 Å². The maximum Gasteiger partial charge on any atom is 0.0714 e. The van der Waals surface area contributed by atoms with E-state index in [4.69, 9.17) is 0 Å². The zero-order valence-corrected chi connectivity index (χ0v) is 40.1. The Morgan fingerprint density at radius 1 is 0.315 bits per heavy atom. The number of nitrogens with zero attached hydrogens (tertiary/aromatic N) is 2. The van der Waals surface area contributed by atoms with Gasteiger partial charge in [0.2, 0.25) is 0 Å². The Morgan fingerprint density at radius 3 is 1.59 bits per heavy atom. The molecule has 1 aliphatic carbocycles. The molecule has 0 unspecified atom stereocenters. The summed E-state index contributed by atoms with van der Waals surface area (Å²) in [5.74, 6) is 0. The number of hydrogen-bond acceptors (Lipinski definition) is 1. The number of rotatable bonds is 9. The summed E-state index contributed by atoms with van der Waals surface area (Å²) >= 11 is 0. The third-order valence-electron chi connectivity index (χ3n) is 15.3. The Balaban J connectivity index is 0.990. The van der Waals surface area contributed by atoms with Crippen LogP contribution in [0.1, 0.15) is 22.3 Å². The molecular weight excluding hydrogens is 881 g/mol. The lowest BCUT2D eigenvalue weighted by atomic mass is 9.68. The number of fused-ring (bicyclic) bond motifs is 8. The molecule has 0 amide bonds. The molecule has 1 aromatic heterocycles. The van der Waals surface area contributed by atoms with E-state index in [0.717, 1.165) is 28.3 Å². The van der Waals surface area contributed by atoms with Gasteiger partial charge in [-0.05, 0) is 115 Å². The molecule has 1 heterocycles. The van der Waals surface area contributed by atoms with E-state index < -0.39 is 5.41 Å². The SMILES string of the molecule is c1ccc(-c2ccc(N(c3ccc(-c4ccc5c6ccc7ccccc7c6n(-c6ccccc6)c5c4)cc3)c3cccc4c3-c3ccccc3C4(c3ccccc3)c3ccccc3)cc2-c2ccccc2)cc1. The smallest absolute Gasteiger partial charge is 0.0714 e. The maximum atomic E-state index is 2.49. The van der Waals surface area contributed by atoms with Crippen LogP contribution in [-0.4, -0.2) is 4.57 Å². The summed E-state index contributed by atoms with van der Waals surface area (Å²) in [6.07, 6.45) is 0. The van der Waals surface area contributed by atoms with E-state index in [1.54, 1.807) is 0 Å². The molecule has 0 fully saturated rings. The standard InChI is InChI=1S/C71H48N2/c1-6-21-50(22-7-1)59-46-43-58(48-64(59)51-23-8-2-9-24-51)72(67-36-20-35-66-69(67)63-33-18-19-34-65(63)71(66,54-26-10-3-11-27-54)55-28-12-4-13-29-55)57-41-37-49(38-42-57)53-40-44-61-62-45-39-52-25-16-17-32-60(52)70(62)73(68(61)47-53)56-30-14-5-15-31-56/h1-48H. The van der Waals surface area contributed by atoms with Crippen LogP contribution in [0.2, 0.25) is 0 Å². The lowest BCUT2D eigenvalue weighted by Crippen LogP contribution is -2.28. The summed E-state index contributed by atoms with van der Waals surface area (Å²) in [5.41, 5.74) is 20.9. The van der Waals surface area contributed by atoms with Gasteiger partial charge in [0.05, 0.1) is 22.1 Å². The highest BCUT2D eigenvalue weighted by Gasteiger charge is 2.47. The minimum Gasteiger partial charge on any atom is -0.310 e. The van der Waals surface area contributed by atoms with Gasteiger partial charge >= 0.3 is 0 Å². The quantitative estimate of drug-likeness (QED) is 0.140. The fourth-order valence-corrected chi connectivity index (χ4v) is 12.1. The highest BCUT2D eigenvalue weighted by Crippen LogP contribution is 2.59. The van der Waals surface area contributed by atoms with Crippen LogP contribution in [0.5, 0.6) is 0 Å². The molecule has 0 radical (unpaired) electrons. The lowest BCUT2D eigenvalue weighted by Gasteiger charge is -2.34. The van der Waals surface area contributed by atoms with Gasteiger partial charge in [0.15, 0.2) is 0 Å². The molecule has 0 aliphatic heterocycles. The minimum atomic E-state index is -0.542. The molecule has 0 bridgehead atoms. The van der Waals surface area contributed by atoms with E-state index >= 15 is 0 Å². The van der Waals surface area contributed by atoms with Crippen LogP contribution in [0.15, 0.2) is 291 Å². The van der Waals surface area contributed by atoms with Gasteiger partial charge in [0.25, 0.3) is 0 Å². The van der Waals surface area contributed by atoms with E-state index in [-0.39, 0.29) is 0 Å². The third kappa shape index (κ3) is 6.79. The van der Waals surface area contributed by atoms with Crippen LogP contribution in [0.25, 0.3) is 82.8 Å². The van der Waals surface area contributed by atoms with E-state index in [0.29, 0.717) is 0 Å². The molecule has 13 aromatic rings.